The summed E-state index contributed by atoms with van der Waals surface area (Å²) >= 11 is 7.32. The number of aromatic nitrogens is 1. The number of aryl methyl sites for hydroxylation is 1. The highest BCUT2D eigenvalue weighted by Gasteiger charge is 2.27. The normalized spacial score (nSPS) is 22.0. The smallest absolute Gasteiger partial charge is 0.0430 e. The molecule has 0 radical (unpaired) electrons. The molecule has 1 aliphatic rings. The summed E-state index contributed by atoms with van der Waals surface area (Å²) in [6.45, 7) is 0. The number of benzene rings is 1. The van der Waals surface area contributed by atoms with Crippen LogP contribution in [0.1, 0.15) is 28.1 Å². The molecule has 0 saturated heterocycles. The van der Waals surface area contributed by atoms with Gasteiger partial charge in [-0.25, -0.2) is 0 Å². The predicted molar refractivity (Wildman–Crippen MR) is 85.6 cm³/mol. The van der Waals surface area contributed by atoms with Crippen molar-refractivity contribution in [3.05, 3.63) is 63.9 Å². The zero-order chi connectivity index (χ0) is 13.2. The van der Waals surface area contributed by atoms with Gasteiger partial charge < -0.3 is 0 Å². The van der Waals surface area contributed by atoms with Gasteiger partial charge in [-0.2, -0.15) is 0 Å². The van der Waals surface area contributed by atoms with E-state index in [0.29, 0.717) is 10.7 Å². The predicted octanol–water partition coefficient (Wildman–Crippen LogP) is 5.09. The maximum absolute atomic E-state index is 4.50. The topological polar surface area (TPSA) is 12.9 Å². The number of rotatable bonds is 2. The first kappa shape index (κ1) is 13.3. The molecule has 3 heteroatoms. The quantitative estimate of drug-likeness (QED) is 0.661. The number of halogens is 2. The average Bonchev–Trinajstić information content (AvgIpc) is 2.45. The molecule has 0 spiro atoms. The Morgan fingerprint density at radius 2 is 2.00 bits per heavy atom. The lowest BCUT2D eigenvalue weighted by Gasteiger charge is -2.29. The Hall–Kier alpha value is -0.670. The second-order valence-electron chi connectivity index (χ2n) is 5.07. The van der Waals surface area contributed by atoms with E-state index in [2.05, 4.69) is 73.2 Å². The number of nitrogens with zero attached hydrogens (tertiary/aromatic N) is 1. The van der Waals surface area contributed by atoms with Crippen molar-refractivity contribution in [2.45, 2.75) is 24.1 Å². The highest BCUT2D eigenvalue weighted by atomic mass is 79.9. The van der Waals surface area contributed by atoms with Crippen molar-refractivity contribution < 1.29 is 0 Å². The van der Waals surface area contributed by atoms with Gasteiger partial charge in [0, 0.05) is 21.2 Å². The van der Waals surface area contributed by atoms with Crippen LogP contribution in [0.2, 0.25) is 0 Å². The van der Waals surface area contributed by atoms with Crippen molar-refractivity contribution in [2.75, 3.05) is 0 Å². The minimum absolute atomic E-state index is 0.447. The molecular weight excluding hydrogens is 366 g/mol. The lowest BCUT2D eigenvalue weighted by molar-refractivity contribution is 0.448. The van der Waals surface area contributed by atoms with Crippen LogP contribution in [-0.4, -0.2) is 4.98 Å². The summed E-state index contributed by atoms with van der Waals surface area (Å²) in [5.41, 5.74) is 4.12. The first-order valence-electron chi connectivity index (χ1n) is 6.56. The third-order valence-corrected chi connectivity index (χ3v) is 5.52. The number of alkyl halides is 1. The van der Waals surface area contributed by atoms with Crippen LogP contribution in [0.25, 0.3) is 0 Å². The molecule has 0 amide bonds. The van der Waals surface area contributed by atoms with Crippen LogP contribution in [0.15, 0.2) is 47.1 Å². The van der Waals surface area contributed by atoms with E-state index in [4.69, 9.17) is 0 Å². The van der Waals surface area contributed by atoms with E-state index >= 15 is 0 Å². The summed E-state index contributed by atoms with van der Waals surface area (Å²) in [6, 6.07) is 12.9. The van der Waals surface area contributed by atoms with E-state index in [1.165, 1.54) is 29.7 Å². The molecule has 0 fully saturated rings. The standard InChI is InChI=1S/C16H15Br2N/c17-13-7-8-14(19-10-13)9-12-6-5-11-3-1-2-4-15(11)16(12)18/h1-4,7-8,10,12,16H,5-6,9H2. The highest BCUT2D eigenvalue weighted by molar-refractivity contribution is 9.10. The molecule has 1 heterocycles. The second kappa shape index (κ2) is 5.76. The summed E-state index contributed by atoms with van der Waals surface area (Å²) < 4.78 is 1.04. The van der Waals surface area contributed by atoms with E-state index < -0.39 is 0 Å². The average molecular weight is 381 g/mol. The summed E-state index contributed by atoms with van der Waals surface area (Å²) in [5, 5.41) is 0. The van der Waals surface area contributed by atoms with Gasteiger partial charge in [-0.05, 0) is 64.4 Å². The zero-order valence-electron chi connectivity index (χ0n) is 10.5. The van der Waals surface area contributed by atoms with Gasteiger partial charge in [0.25, 0.3) is 0 Å². The van der Waals surface area contributed by atoms with E-state index in [1.807, 2.05) is 6.20 Å². The van der Waals surface area contributed by atoms with Crippen LogP contribution in [0.5, 0.6) is 0 Å². The van der Waals surface area contributed by atoms with Gasteiger partial charge in [-0.1, -0.05) is 40.2 Å². The fourth-order valence-electron chi connectivity index (χ4n) is 2.77. The number of fused-ring (bicyclic) bond motifs is 1. The number of pyridine rings is 1. The molecule has 0 bridgehead atoms. The molecule has 98 valence electrons. The SMILES string of the molecule is Brc1ccc(CC2CCc3ccccc3C2Br)nc1. The molecule has 0 saturated carbocycles. The molecular formula is C16H15Br2N. The third kappa shape index (κ3) is 2.92. The highest BCUT2D eigenvalue weighted by Crippen LogP contribution is 2.41. The summed E-state index contributed by atoms with van der Waals surface area (Å²) in [7, 11) is 0. The lowest BCUT2D eigenvalue weighted by atomic mass is 9.81. The van der Waals surface area contributed by atoms with Gasteiger partial charge in [-0.3, -0.25) is 4.98 Å². The molecule has 1 aromatic heterocycles. The Kier molecular flexibility index (Phi) is 4.04. The molecule has 2 atom stereocenters. The summed E-state index contributed by atoms with van der Waals surface area (Å²) in [5.74, 6) is 0.628. The van der Waals surface area contributed by atoms with Crippen LogP contribution in [0.3, 0.4) is 0 Å². The van der Waals surface area contributed by atoms with Gasteiger partial charge in [0.15, 0.2) is 0 Å². The Bertz CT molecular complexity index is 565. The Morgan fingerprint density at radius 1 is 1.16 bits per heavy atom. The van der Waals surface area contributed by atoms with Crippen LogP contribution < -0.4 is 0 Å². The molecule has 1 aromatic carbocycles. The van der Waals surface area contributed by atoms with Crippen LogP contribution in [0, 0.1) is 5.92 Å². The maximum atomic E-state index is 4.50. The summed E-state index contributed by atoms with van der Waals surface area (Å²) in [6.07, 6.45) is 5.33. The van der Waals surface area contributed by atoms with Crippen LogP contribution in [-0.2, 0) is 12.8 Å². The van der Waals surface area contributed by atoms with Crippen molar-refractivity contribution in [2.24, 2.45) is 5.92 Å². The van der Waals surface area contributed by atoms with E-state index in [1.54, 1.807) is 0 Å². The Morgan fingerprint density at radius 3 is 2.79 bits per heavy atom. The van der Waals surface area contributed by atoms with Gasteiger partial charge >= 0.3 is 0 Å². The van der Waals surface area contributed by atoms with Gasteiger partial charge in [0.2, 0.25) is 0 Å². The molecule has 1 aliphatic carbocycles. The zero-order valence-corrected chi connectivity index (χ0v) is 13.7. The Labute approximate surface area is 130 Å². The van der Waals surface area contributed by atoms with Crippen molar-refractivity contribution >= 4 is 31.9 Å². The van der Waals surface area contributed by atoms with E-state index in [9.17, 15) is 0 Å². The third-order valence-electron chi connectivity index (χ3n) is 3.81. The van der Waals surface area contributed by atoms with E-state index in [0.717, 1.165) is 10.9 Å². The van der Waals surface area contributed by atoms with Crippen molar-refractivity contribution in [3.63, 3.8) is 0 Å². The molecule has 19 heavy (non-hydrogen) atoms. The molecule has 0 aliphatic heterocycles. The van der Waals surface area contributed by atoms with Gasteiger partial charge in [-0.15, -0.1) is 0 Å². The van der Waals surface area contributed by atoms with Crippen molar-refractivity contribution in [1.29, 1.82) is 0 Å². The molecule has 2 unspecified atom stereocenters. The summed E-state index contributed by atoms with van der Waals surface area (Å²) in [4.78, 5) is 4.94. The minimum Gasteiger partial charge on any atom is -0.260 e. The second-order valence-corrected chi connectivity index (χ2v) is 6.97. The molecule has 1 nitrogen and oxygen atoms in total. The van der Waals surface area contributed by atoms with Crippen molar-refractivity contribution in [3.8, 4) is 0 Å². The first-order valence-corrected chi connectivity index (χ1v) is 8.27. The first-order chi connectivity index (χ1) is 9.24. The minimum atomic E-state index is 0.447. The van der Waals surface area contributed by atoms with Crippen LogP contribution >= 0.6 is 31.9 Å². The van der Waals surface area contributed by atoms with Gasteiger partial charge in [0.05, 0.1) is 0 Å². The maximum Gasteiger partial charge on any atom is 0.0430 e. The van der Waals surface area contributed by atoms with Crippen LogP contribution in [0.4, 0.5) is 0 Å². The molecule has 2 aromatic rings. The lowest BCUT2D eigenvalue weighted by Crippen LogP contribution is -2.19. The number of hydrogen-bond donors (Lipinski definition) is 0. The fraction of sp³-hybridized carbons (Fsp3) is 0.312. The van der Waals surface area contributed by atoms with Crippen molar-refractivity contribution in [1.82, 2.24) is 4.98 Å². The molecule has 0 N–H and O–H groups in total. The van der Waals surface area contributed by atoms with E-state index in [-0.39, 0.29) is 0 Å². The van der Waals surface area contributed by atoms with Gasteiger partial charge in [0.1, 0.15) is 0 Å². The monoisotopic (exact) mass is 379 g/mol. The largest absolute Gasteiger partial charge is 0.260 e. The molecule has 3 rings (SSSR count). The number of hydrogen-bond acceptors (Lipinski definition) is 1. The Balaban J connectivity index is 1.79. The fourth-order valence-corrected chi connectivity index (χ4v) is 3.91.